The predicted octanol–water partition coefficient (Wildman–Crippen LogP) is 4.49. The molecule has 0 aliphatic rings. The van der Waals surface area contributed by atoms with Crippen molar-refractivity contribution < 1.29 is 4.74 Å². The van der Waals surface area contributed by atoms with Crippen LogP contribution in [0.4, 0.5) is 5.69 Å². The van der Waals surface area contributed by atoms with Crippen LogP contribution in [0.3, 0.4) is 0 Å². The van der Waals surface area contributed by atoms with Crippen LogP contribution in [-0.4, -0.2) is 7.11 Å². The second-order valence-electron chi connectivity index (χ2n) is 5.18. The van der Waals surface area contributed by atoms with E-state index in [0.717, 1.165) is 29.8 Å². The van der Waals surface area contributed by atoms with Crippen molar-refractivity contribution in [2.75, 3.05) is 12.8 Å². The van der Waals surface area contributed by atoms with Gasteiger partial charge in [0.2, 0.25) is 0 Å². The Morgan fingerprint density at radius 1 is 1.19 bits per heavy atom. The minimum absolute atomic E-state index is 0.829. The van der Waals surface area contributed by atoms with Crippen LogP contribution in [-0.2, 0) is 12.8 Å². The van der Waals surface area contributed by atoms with Gasteiger partial charge in [0.1, 0.15) is 5.75 Å². The minimum atomic E-state index is 0.829. The van der Waals surface area contributed by atoms with Crippen molar-refractivity contribution in [1.82, 2.24) is 0 Å². The van der Waals surface area contributed by atoms with Crippen LogP contribution in [0.2, 0.25) is 0 Å². The zero-order valence-electron chi connectivity index (χ0n) is 13.0. The molecule has 2 rings (SSSR count). The summed E-state index contributed by atoms with van der Waals surface area (Å²) in [5.74, 6) is 0.967. The van der Waals surface area contributed by atoms with Gasteiger partial charge < -0.3 is 10.5 Å². The van der Waals surface area contributed by atoms with Gasteiger partial charge in [-0.2, -0.15) is 0 Å². The molecule has 0 unspecified atom stereocenters. The lowest BCUT2D eigenvalue weighted by Crippen LogP contribution is -1.94. The van der Waals surface area contributed by atoms with Gasteiger partial charge in [0.15, 0.2) is 0 Å². The summed E-state index contributed by atoms with van der Waals surface area (Å²) in [4.78, 5) is 0. The monoisotopic (exact) mass is 281 g/mol. The van der Waals surface area contributed by atoms with Crippen molar-refractivity contribution in [1.29, 1.82) is 0 Å². The first kappa shape index (κ1) is 15.2. The highest BCUT2D eigenvalue weighted by Gasteiger charge is 2.03. The normalized spacial score (nSPS) is 11.5. The molecule has 2 nitrogen and oxygen atoms in total. The fourth-order valence-corrected chi connectivity index (χ4v) is 2.47. The third-order valence-corrected chi connectivity index (χ3v) is 3.76. The topological polar surface area (TPSA) is 35.2 Å². The zero-order valence-corrected chi connectivity index (χ0v) is 13.0. The largest absolute Gasteiger partial charge is 0.496 e. The molecule has 2 aromatic rings. The van der Waals surface area contributed by atoms with Crippen molar-refractivity contribution in [2.24, 2.45) is 0 Å². The van der Waals surface area contributed by atoms with Crippen LogP contribution in [0.15, 0.2) is 48.5 Å². The molecular formula is C19H23NO. The van der Waals surface area contributed by atoms with Gasteiger partial charge in [-0.15, -0.1) is 0 Å². The molecule has 110 valence electrons. The van der Waals surface area contributed by atoms with E-state index in [1.807, 2.05) is 24.3 Å². The van der Waals surface area contributed by atoms with Crippen molar-refractivity contribution >= 4 is 11.3 Å². The lowest BCUT2D eigenvalue weighted by atomic mass is 10.0. The van der Waals surface area contributed by atoms with Crippen LogP contribution in [0.25, 0.3) is 5.57 Å². The Morgan fingerprint density at radius 2 is 1.95 bits per heavy atom. The van der Waals surface area contributed by atoms with Gasteiger partial charge in [-0.25, -0.2) is 0 Å². The van der Waals surface area contributed by atoms with E-state index in [-0.39, 0.29) is 0 Å². The molecular weight excluding hydrogens is 258 g/mol. The number of rotatable bonds is 5. The number of methoxy groups -OCH3 is 1. The van der Waals surface area contributed by atoms with Crippen molar-refractivity contribution in [3.8, 4) is 5.75 Å². The Bertz CT molecular complexity index is 644. The molecule has 0 saturated carbocycles. The molecule has 0 aliphatic heterocycles. The van der Waals surface area contributed by atoms with Crippen molar-refractivity contribution in [3.05, 3.63) is 65.2 Å². The summed E-state index contributed by atoms with van der Waals surface area (Å²) in [5, 5.41) is 0. The van der Waals surface area contributed by atoms with Gasteiger partial charge in [0, 0.05) is 5.69 Å². The summed E-state index contributed by atoms with van der Waals surface area (Å²) in [6.07, 6.45) is 4.11. The molecule has 0 heterocycles. The second-order valence-corrected chi connectivity index (χ2v) is 5.18. The maximum absolute atomic E-state index is 6.02. The number of hydrogen-bond acceptors (Lipinski definition) is 2. The van der Waals surface area contributed by atoms with E-state index in [1.165, 1.54) is 16.7 Å². The number of benzene rings is 2. The lowest BCUT2D eigenvalue weighted by Gasteiger charge is -2.09. The van der Waals surface area contributed by atoms with E-state index >= 15 is 0 Å². The van der Waals surface area contributed by atoms with E-state index in [1.54, 1.807) is 7.11 Å². The van der Waals surface area contributed by atoms with Crippen molar-refractivity contribution in [3.63, 3.8) is 0 Å². The average molecular weight is 281 g/mol. The van der Waals surface area contributed by atoms with Crippen LogP contribution in [0.5, 0.6) is 5.75 Å². The molecule has 0 fully saturated rings. The summed E-state index contributed by atoms with van der Waals surface area (Å²) in [6, 6.07) is 14.4. The number of anilines is 1. The number of para-hydroxylation sites is 1. The molecule has 0 radical (unpaired) electrons. The fourth-order valence-electron chi connectivity index (χ4n) is 2.47. The Balaban J connectivity index is 2.19. The zero-order chi connectivity index (χ0) is 15.2. The number of ether oxygens (including phenoxy) is 1. The van der Waals surface area contributed by atoms with Crippen LogP contribution in [0, 0.1) is 0 Å². The minimum Gasteiger partial charge on any atom is -0.496 e. The van der Waals surface area contributed by atoms with E-state index in [0.29, 0.717) is 0 Å². The third kappa shape index (κ3) is 3.66. The smallest absolute Gasteiger partial charge is 0.122 e. The number of nitrogens with two attached hydrogens (primary N) is 1. The lowest BCUT2D eigenvalue weighted by molar-refractivity contribution is 0.410. The molecule has 0 bridgehead atoms. The highest BCUT2D eigenvalue weighted by molar-refractivity contribution is 5.73. The molecule has 0 aliphatic carbocycles. The summed E-state index contributed by atoms with van der Waals surface area (Å²) < 4.78 is 5.37. The van der Waals surface area contributed by atoms with E-state index < -0.39 is 0 Å². The highest BCUT2D eigenvalue weighted by atomic mass is 16.5. The molecule has 2 aromatic carbocycles. The molecule has 0 spiro atoms. The molecule has 0 saturated heterocycles. The molecule has 2 heteroatoms. The van der Waals surface area contributed by atoms with E-state index in [4.69, 9.17) is 10.5 Å². The summed E-state index contributed by atoms with van der Waals surface area (Å²) in [5.41, 5.74) is 11.7. The SMILES string of the molecule is CCc1cc(C/C=C(\C)c2ccccc2N)ccc1OC. The quantitative estimate of drug-likeness (QED) is 0.820. The number of allylic oxidation sites excluding steroid dienone is 2. The summed E-state index contributed by atoms with van der Waals surface area (Å²) in [6.45, 7) is 4.25. The van der Waals surface area contributed by atoms with Crippen LogP contribution in [0.1, 0.15) is 30.5 Å². The molecule has 21 heavy (non-hydrogen) atoms. The first-order valence-corrected chi connectivity index (χ1v) is 7.33. The Kier molecular flexibility index (Phi) is 5.04. The maximum Gasteiger partial charge on any atom is 0.122 e. The Morgan fingerprint density at radius 3 is 2.62 bits per heavy atom. The van der Waals surface area contributed by atoms with Gasteiger partial charge in [0.05, 0.1) is 7.11 Å². The van der Waals surface area contributed by atoms with Gasteiger partial charge in [-0.05, 0) is 54.2 Å². The van der Waals surface area contributed by atoms with Gasteiger partial charge >= 0.3 is 0 Å². The number of aryl methyl sites for hydroxylation is 1. The number of nitrogen functional groups attached to an aromatic ring is 1. The second kappa shape index (κ2) is 6.98. The van der Waals surface area contributed by atoms with E-state index in [9.17, 15) is 0 Å². The molecule has 2 N–H and O–H groups in total. The molecule has 0 amide bonds. The van der Waals surface area contributed by atoms with Crippen LogP contribution < -0.4 is 10.5 Å². The summed E-state index contributed by atoms with van der Waals surface area (Å²) in [7, 11) is 1.72. The fraction of sp³-hybridized carbons (Fsp3) is 0.263. The Labute approximate surface area is 127 Å². The first-order valence-electron chi connectivity index (χ1n) is 7.33. The summed E-state index contributed by atoms with van der Waals surface area (Å²) >= 11 is 0. The van der Waals surface area contributed by atoms with Crippen LogP contribution >= 0.6 is 0 Å². The maximum atomic E-state index is 6.02. The van der Waals surface area contributed by atoms with Gasteiger partial charge in [-0.3, -0.25) is 0 Å². The third-order valence-electron chi connectivity index (χ3n) is 3.76. The average Bonchev–Trinajstić information content (AvgIpc) is 2.52. The Hall–Kier alpha value is -2.22. The van der Waals surface area contributed by atoms with Crippen molar-refractivity contribution in [2.45, 2.75) is 26.7 Å². The predicted molar refractivity (Wildman–Crippen MR) is 90.6 cm³/mol. The van der Waals surface area contributed by atoms with Gasteiger partial charge in [-0.1, -0.05) is 43.3 Å². The van der Waals surface area contributed by atoms with E-state index in [2.05, 4.69) is 38.1 Å². The highest BCUT2D eigenvalue weighted by Crippen LogP contribution is 2.23. The standard InChI is InChI=1S/C19H23NO/c1-4-16-13-15(11-12-19(16)21-3)10-9-14(2)17-7-5-6-8-18(17)20/h5-9,11-13H,4,10,20H2,1-3H3/b14-9+. The first-order chi connectivity index (χ1) is 10.2. The molecule has 0 atom stereocenters. The number of hydrogen-bond donors (Lipinski definition) is 1. The molecule has 0 aromatic heterocycles. The van der Waals surface area contributed by atoms with Gasteiger partial charge in [0.25, 0.3) is 0 Å².